The summed E-state index contributed by atoms with van der Waals surface area (Å²) in [5, 5.41) is 11.4. The topological polar surface area (TPSA) is 56.1 Å². The fraction of sp³-hybridized carbons (Fsp3) is 0.385. The van der Waals surface area contributed by atoms with Crippen molar-refractivity contribution in [3.05, 3.63) is 28.2 Å². The summed E-state index contributed by atoms with van der Waals surface area (Å²) in [6, 6.07) is 7.47. The number of amides is 1. The van der Waals surface area contributed by atoms with Crippen LogP contribution in [0, 0.1) is 11.3 Å². The van der Waals surface area contributed by atoms with Crippen molar-refractivity contribution in [1.29, 1.82) is 5.26 Å². The molecule has 4 nitrogen and oxygen atoms in total. The number of nitrogens with one attached hydrogen (secondary N) is 1. The molecule has 0 aliphatic carbocycles. The highest BCUT2D eigenvalue weighted by atomic mass is 79.9. The lowest BCUT2D eigenvalue weighted by Crippen LogP contribution is -2.36. The Balaban J connectivity index is 2.98. The minimum absolute atomic E-state index is 0.0280. The molecule has 0 saturated heterocycles. The Morgan fingerprint density at radius 3 is 2.78 bits per heavy atom. The van der Waals surface area contributed by atoms with E-state index in [0.717, 1.165) is 23.1 Å². The zero-order valence-corrected chi connectivity index (χ0v) is 12.1. The first-order chi connectivity index (χ1) is 8.62. The molecular weight excluding hydrogens is 294 g/mol. The largest absolute Gasteiger partial charge is 0.361 e. The van der Waals surface area contributed by atoms with Gasteiger partial charge in [-0.15, -0.1) is 0 Å². The van der Waals surface area contributed by atoms with E-state index in [1.54, 1.807) is 19.2 Å². The molecule has 1 aromatic rings. The Kier molecular flexibility index (Phi) is 5.66. The predicted molar refractivity (Wildman–Crippen MR) is 75.4 cm³/mol. The highest BCUT2D eigenvalue weighted by molar-refractivity contribution is 9.10. The van der Waals surface area contributed by atoms with E-state index in [0.29, 0.717) is 12.1 Å². The van der Waals surface area contributed by atoms with Crippen LogP contribution in [-0.2, 0) is 4.79 Å². The molecule has 0 heterocycles. The van der Waals surface area contributed by atoms with E-state index >= 15 is 0 Å². The molecule has 0 unspecified atom stereocenters. The van der Waals surface area contributed by atoms with Crippen molar-refractivity contribution in [2.45, 2.75) is 13.3 Å². The van der Waals surface area contributed by atoms with Crippen LogP contribution in [0.3, 0.4) is 0 Å². The van der Waals surface area contributed by atoms with Crippen LogP contribution in [0.25, 0.3) is 0 Å². The second-order valence-corrected chi connectivity index (χ2v) is 4.73. The van der Waals surface area contributed by atoms with E-state index < -0.39 is 0 Å². The molecule has 1 rings (SSSR count). The lowest BCUT2D eigenvalue weighted by Gasteiger charge is -2.24. The Labute approximate surface area is 116 Å². The Morgan fingerprint density at radius 2 is 2.28 bits per heavy atom. The summed E-state index contributed by atoms with van der Waals surface area (Å²) < 4.78 is 0.832. The van der Waals surface area contributed by atoms with Crippen LogP contribution in [0.2, 0.25) is 0 Å². The number of halogens is 1. The van der Waals surface area contributed by atoms with Gasteiger partial charge in [-0.2, -0.15) is 5.26 Å². The minimum atomic E-state index is -0.0280. The molecule has 18 heavy (non-hydrogen) atoms. The lowest BCUT2D eigenvalue weighted by atomic mass is 10.2. The molecule has 0 aromatic heterocycles. The molecule has 1 aromatic carbocycles. The third kappa shape index (κ3) is 3.74. The highest BCUT2D eigenvalue weighted by Gasteiger charge is 2.13. The van der Waals surface area contributed by atoms with Gasteiger partial charge in [0, 0.05) is 18.1 Å². The van der Waals surface area contributed by atoms with Gasteiger partial charge in [-0.25, -0.2) is 0 Å². The van der Waals surface area contributed by atoms with Crippen LogP contribution < -0.4 is 10.2 Å². The van der Waals surface area contributed by atoms with Crippen molar-refractivity contribution in [1.82, 2.24) is 5.32 Å². The fourth-order valence-electron chi connectivity index (χ4n) is 1.64. The smallest absolute Gasteiger partial charge is 0.239 e. The maximum atomic E-state index is 11.5. The Hall–Kier alpha value is -1.54. The molecule has 1 amide bonds. The molecule has 0 radical (unpaired) electrons. The number of hydrogen-bond acceptors (Lipinski definition) is 3. The third-order valence-electron chi connectivity index (χ3n) is 2.52. The quantitative estimate of drug-likeness (QED) is 0.908. The Morgan fingerprint density at radius 1 is 1.56 bits per heavy atom. The van der Waals surface area contributed by atoms with Gasteiger partial charge in [0.2, 0.25) is 5.91 Å². The van der Waals surface area contributed by atoms with Crippen molar-refractivity contribution in [3.63, 3.8) is 0 Å². The van der Waals surface area contributed by atoms with Crippen molar-refractivity contribution in [2.75, 3.05) is 25.0 Å². The van der Waals surface area contributed by atoms with Gasteiger partial charge >= 0.3 is 0 Å². The second kappa shape index (κ2) is 7.02. The zero-order valence-electron chi connectivity index (χ0n) is 10.5. The van der Waals surface area contributed by atoms with Gasteiger partial charge in [-0.3, -0.25) is 4.79 Å². The number of anilines is 1. The SMILES string of the molecule is CCCN(CC(=O)NC)c1ccc(C#N)cc1Br. The maximum Gasteiger partial charge on any atom is 0.239 e. The van der Waals surface area contributed by atoms with Crippen molar-refractivity contribution in [2.24, 2.45) is 0 Å². The summed E-state index contributed by atoms with van der Waals surface area (Å²) in [5.74, 6) is -0.0280. The summed E-state index contributed by atoms with van der Waals surface area (Å²) in [6.45, 7) is 3.17. The third-order valence-corrected chi connectivity index (χ3v) is 3.16. The van der Waals surface area contributed by atoms with Gasteiger partial charge < -0.3 is 10.2 Å². The Bertz CT molecular complexity index is 468. The summed E-state index contributed by atoms with van der Waals surface area (Å²) in [7, 11) is 1.63. The molecule has 0 spiro atoms. The van der Waals surface area contributed by atoms with Gasteiger partial charge in [0.15, 0.2) is 0 Å². The molecule has 0 atom stereocenters. The number of rotatable bonds is 5. The first kappa shape index (κ1) is 14.5. The number of likely N-dealkylation sites (N-methyl/N-ethyl adjacent to an activating group) is 1. The van der Waals surface area contributed by atoms with Crippen LogP contribution in [0.5, 0.6) is 0 Å². The monoisotopic (exact) mass is 309 g/mol. The molecular formula is C13H16BrN3O. The highest BCUT2D eigenvalue weighted by Crippen LogP contribution is 2.27. The van der Waals surface area contributed by atoms with Crippen molar-refractivity contribution in [3.8, 4) is 6.07 Å². The number of hydrogen-bond donors (Lipinski definition) is 1. The molecule has 5 heteroatoms. The second-order valence-electron chi connectivity index (χ2n) is 3.87. The zero-order chi connectivity index (χ0) is 13.5. The van der Waals surface area contributed by atoms with Crippen LogP contribution in [0.4, 0.5) is 5.69 Å². The number of nitrogens with zero attached hydrogens (tertiary/aromatic N) is 2. The van der Waals surface area contributed by atoms with Gasteiger partial charge in [0.1, 0.15) is 0 Å². The molecule has 0 aliphatic rings. The van der Waals surface area contributed by atoms with E-state index in [4.69, 9.17) is 5.26 Å². The predicted octanol–water partition coefficient (Wildman–Crippen LogP) is 2.28. The summed E-state index contributed by atoms with van der Waals surface area (Å²) in [4.78, 5) is 13.5. The van der Waals surface area contributed by atoms with E-state index in [9.17, 15) is 4.79 Å². The van der Waals surface area contributed by atoms with Gasteiger partial charge in [-0.1, -0.05) is 6.92 Å². The molecule has 0 aliphatic heterocycles. The van der Waals surface area contributed by atoms with Crippen LogP contribution in [-0.4, -0.2) is 26.0 Å². The van der Waals surface area contributed by atoms with Gasteiger partial charge in [0.25, 0.3) is 0 Å². The lowest BCUT2D eigenvalue weighted by molar-refractivity contribution is -0.119. The number of carbonyl (C=O) groups excluding carboxylic acids is 1. The first-order valence-corrected chi connectivity index (χ1v) is 6.56. The van der Waals surface area contributed by atoms with E-state index in [-0.39, 0.29) is 5.91 Å². The van der Waals surface area contributed by atoms with Crippen molar-refractivity contribution < 1.29 is 4.79 Å². The van der Waals surface area contributed by atoms with E-state index in [1.165, 1.54) is 0 Å². The molecule has 96 valence electrons. The van der Waals surface area contributed by atoms with Crippen LogP contribution in [0.15, 0.2) is 22.7 Å². The standard InChI is InChI=1S/C13H16BrN3O/c1-3-6-17(9-13(18)16-2)12-5-4-10(8-15)7-11(12)14/h4-5,7H,3,6,9H2,1-2H3,(H,16,18). The molecule has 0 saturated carbocycles. The summed E-state index contributed by atoms with van der Waals surface area (Å²) >= 11 is 3.45. The van der Waals surface area contributed by atoms with E-state index in [1.807, 2.05) is 11.0 Å². The molecule has 0 fully saturated rings. The van der Waals surface area contributed by atoms with Crippen LogP contribution in [0.1, 0.15) is 18.9 Å². The minimum Gasteiger partial charge on any atom is -0.361 e. The normalized spacial score (nSPS) is 9.67. The number of carbonyl (C=O) groups is 1. The summed E-state index contributed by atoms with van der Waals surface area (Å²) in [6.07, 6.45) is 0.948. The molecule has 1 N–H and O–H groups in total. The van der Waals surface area contributed by atoms with Crippen molar-refractivity contribution >= 4 is 27.5 Å². The van der Waals surface area contributed by atoms with E-state index in [2.05, 4.69) is 34.2 Å². The first-order valence-electron chi connectivity index (χ1n) is 5.77. The van der Waals surface area contributed by atoms with Crippen LogP contribution >= 0.6 is 15.9 Å². The van der Waals surface area contributed by atoms with Gasteiger partial charge in [-0.05, 0) is 40.5 Å². The molecule has 0 bridgehead atoms. The average molecular weight is 310 g/mol. The summed E-state index contributed by atoms with van der Waals surface area (Å²) in [5.41, 5.74) is 1.53. The number of nitriles is 1. The van der Waals surface area contributed by atoms with Gasteiger partial charge in [0.05, 0.1) is 23.9 Å². The average Bonchev–Trinajstić information content (AvgIpc) is 2.38. The number of benzene rings is 1. The fourth-order valence-corrected chi connectivity index (χ4v) is 2.27. The maximum absolute atomic E-state index is 11.5.